The van der Waals surface area contributed by atoms with Crippen LogP contribution in [0.15, 0.2) is 48.8 Å². The number of aromatic nitrogens is 1. The van der Waals surface area contributed by atoms with Crippen LogP contribution in [0.1, 0.15) is 36.6 Å². The second-order valence-electron chi connectivity index (χ2n) is 5.11. The van der Waals surface area contributed by atoms with Crippen molar-refractivity contribution in [3.8, 4) is 0 Å². The van der Waals surface area contributed by atoms with Crippen LogP contribution >= 0.6 is 0 Å². The molecule has 0 aliphatic carbocycles. The summed E-state index contributed by atoms with van der Waals surface area (Å²) >= 11 is 0. The van der Waals surface area contributed by atoms with Gasteiger partial charge in [-0.2, -0.15) is 0 Å². The van der Waals surface area contributed by atoms with Gasteiger partial charge < -0.3 is 5.73 Å². The van der Waals surface area contributed by atoms with E-state index in [4.69, 9.17) is 5.73 Å². The first-order chi connectivity index (χ1) is 8.66. The maximum atomic E-state index is 6.28. The van der Waals surface area contributed by atoms with Crippen molar-refractivity contribution in [2.45, 2.75) is 26.3 Å². The zero-order valence-corrected chi connectivity index (χ0v) is 11.0. The fraction of sp³-hybridized carbons (Fsp3) is 0.312. The highest BCUT2D eigenvalue weighted by molar-refractivity contribution is 5.32. The van der Waals surface area contributed by atoms with Gasteiger partial charge in [0, 0.05) is 12.4 Å². The first kappa shape index (κ1) is 12.8. The molecule has 2 N–H and O–H groups in total. The molecule has 18 heavy (non-hydrogen) atoms. The number of hydrogen-bond acceptors (Lipinski definition) is 2. The van der Waals surface area contributed by atoms with Crippen molar-refractivity contribution < 1.29 is 0 Å². The molecule has 0 fully saturated rings. The molecule has 0 aliphatic rings. The van der Waals surface area contributed by atoms with Crippen LogP contribution in [0.2, 0.25) is 0 Å². The largest absolute Gasteiger partial charge is 0.320 e. The topological polar surface area (TPSA) is 38.9 Å². The van der Waals surface area contributed by atoms with E-state index in [-0.39, 0.29) is 6.04 Å². The van der Waals surface area contributed by atoms with Crippen LogP contribution in [0.5, 0.6) is 0 Å². The summed E-state index contributed by atoms with van der Waals surface area (Å²) < 4.78 is 0. The van der Waals surface area contributed by atoms with E-state index in [0.29, 0.717) is 5.92 Å². The predicted octanol–water partition coefficient (Wildman–Crippen LogP) is 3.33. The molecule has 0 bridgehead atoms. The first-order valence-electron chi connectivity index (χ1n) is 6.41. The SMILES string of the molecule is CC(C)Cc1cccc(C(N)c2cccnc2)c1. The summed E-state index contributed by atoms with van der Waals surface area (Å²) in [4.78, 5) is 4.12. The Bertz CT molecular complexity index is 491. The van der Waals surface area contributed by atoms with Gasteiger partial charge in [-0.1, -0.05) is 44.2 Å². The lowest BCUT2D eigenvalue weighted by Crippen LogP contribution is -2.12. The Morgan fingerprint density at radius 3 is 2.56 bits per heavy atom. The predicted molar refractivity (Wildman–Crippen MR) is 75.3 cm³/mol. The van der Waals surface area contributed by atoms with Gasteiger partial charge >= 0.3 is 0 Å². The zero-order valence-electron chi connectivity index (χ0n) is 11.0. The molecule has 94 valence electrons. The summed E-state index contributed by atoms with van der Waals surface area (Å²) in [5.74, 6) is 0.662. The van der Waals surface area contributed by atoms with Crippen LogP contribution in [0.25, 0.3) is 0 Å². The van der Waals surface area contributed by atoms with Gasteiger partial charge in [0.25, 0.3) is 0 Å². The van der Waals surface area contributed by atoms with Crippen LogP contribution in [0.4, 0.5) is 0 Å². The summed E-state index contributed by atoms with van der Waals surface area (Å²) in [6.45, 7) is 4.46. The lowest BCUT2D eigenvalue weighted by atomic mass is 9.96. The average molecular weight is 240 g/mol. The van der Waals surface area contributed by atoms with Gasteiger partial charge in [-0.05, 0) is 35.1 Å². The molecule has 1 unspecified atom stereocenters. The molecule has 0 radical (unpaired) electrons. The van der Waals surface area contributed by atoms with Gasteiger partial charge in [0.1, 0.15) is 0 Å². The van der Waals surface area contributed by atoms with Crippen LogP contribution in [-0.4, -0.2) is 4.98 Å². The molecule has 0 amide bonds. The fourth-order valence-corrected chi connectivity index (χ4v) is 2.14. The lowest BCUT2D eigenvalue weighted by Gasteiger charge is -2.14. The molecule has 2 heteroatoms. The van der Waals surface area contributed by atoms with Gasteiger partial charge in [-0.25, -0.2) is 0 Å². The zero-order chi connectivity index (χ0) is 13.0. The van der Waals surface area contributed by atoms with E-state index in [0.717, 1.165) is 17.5 Å². The Labute approximate surface area is 109 Å². The molecular weight excluding hydrogens is 220 g/mol. The summed E-state index contributed by atoms with van der Waals surface area (Å²) in [5, 5.41) is 0. The second-order valence-corrected chi connectivity index (χ2v) is 5.11. The molecule has 1 aromatic carbocycles. The third kappa shape index (κ3) is 3.17. The Balaban J connectivity index is 2.23. The van der Waals surface area contributed by atoms with Crippen molar-refractivity contribution in [2.75, 3.05) is 0 Å². The number of benzene rings is 1. The van der Waals surface area contributed by atoms with E-state index in [2.05, 4.69) is 43.1 Å². The highest BCUT2D eigenvalue weighted by Crippen LogP contribution is 2.20. The molecule has 1 aromatic heterocycles. The molecule has 0 saturated heterocycles. The summed E-state index contributed by atoms with van der Waals surface area (Å²) in [5.41, 5.74) is 9.83. The Morgan fingerprint density at radius 1 is 1.11 bits per heavy atom. The minimum Gasteiger partial charge on any atom is -0.320 e. The van der Waals surface area contributed by atoms with Crippen molar-refractivity contribution in [1.29, 1.82) is 0 Å². The maximum absolute atomic E-state index is 6.28. The van der Waals surface area contributed by atoms with Crippen molar-refractivity contribution in [1.82, 2.24) is 4.98 Å². The molecule has 0 aliphatic heterocycles. The van der Waals surface area contributed by atoms with Crippen molar-refractivity contribution in [3.63, 3.8) is 0 Å². The van der Waals surface area contributed by atoms with Gasteiger partial charge in [0.2, 0.25) is 0 Å². The van der Waals surface area contributed by atoms with Gasteiger partial charge in [-0.15, -0.1) is 0 Å². The monoisotopic (exact) mass is 240 g/mol. The first-order valence-corrected chi connectivity index (χ1v) is 6.41. The van der Waals surface area contributed by atoms with Crippen LogP contribution in [0.3, 0.4) is 0 Å². The van der Waals surface area contributed by atoms with Crippen molar-refractivity contribution in [3.05, 3.63) is 65.5 Å². The molecule has 1 heterocycles. The van der Waals surface area contributed by atoms with Gasteiger partial charge in [0.05, 0.1) is 6.04 Å². The molecular formula is C16H20N2. The Kier molecular flexibility index (Phi) is 4.11. The summed E-state index contributed by atoms with van der Waals surface area (Å²) in [6, 6.07) is 12.4. The van der Waals surface area contributed by atoms with Gasteiger partial charge in [-0.3, -0.25) is 4.98 Å². The number of nitrogens with zero attached hydrogens (tertiary/aromatic N) is 1. The van der Waals surface area contributed by atoms with E-state index in [1.54, 1.807) is 6.20 Å². The Morgan fingerprint density at radius 2 is 1.89 bits per heavy atom. The molecule has 2 aromatic rings. The van der Waals surface area contributed by atoms with Crippen LogP contribution in [-0.2, 0) is 6.42 Å². The van der Waals surface area contributed by atoms with E-state index < -0.39 is 0 Å². The lowest BCUT2D eigenvalue weighted by molar-refractivity contribution is 0.646. The van der Waals surface area contributed by atoms with Crippen LogP contribution in [0, 0.1) is 5.92 Å². The van der Waals surface area contributed by atoms with E-state index in [9.17, 15) is 0 Å². The number of hydrogen-bond donors (Lipinski definition) is 1. The van der Waals surface area contributed by atoms with Crippen LogP contribution < -0.4 is 5.73 Å². The maximum Gasteiger partial charge on any atom is 0.0567 e. The molecule has 0 saturated carbocycles. The summed E-state index contributed by atoms with van der Waals surface area (Å²) in [6.07, 6.45) is 4.69. The second kappa shape index (κ2) is 5.78. The molecule has 0 spiro atoms. The number of pyridine rings is 1. The van der Waals surface area contributed by atoms with Gasteiger partial charge in [0.15, 0.2) is 0 Å². The summed E-state index contributed by atoms with van der Waals surface area (Å²) in [7, 11) is 0. The quantitative estimate of drug-likeness (QED) is 0.890. The third-order valence-corrected chi connectivity index (χ3v) is 3.00. The molecule has 1 atom stereocenters. The normalized spacial score (nSPS) is 12.7. The minimum atomic E-state index is -0.0918. The van der Waals surface area contributed by atoms with Crippen molar-refractivity contribution >= 4 is 0 Å². The highest BCUT2D eigenvalue weighted by Gasteiger charge is 2.09. The fourth-order valence-electron chi connectivity index (χ4n) is 2.14. The highest BCUT2D eigenvalue weighted by atomic mass is 14.7. The third-order valence-electron chi connectivity index (χ3n) is 3.00. The van der Waals surface area contributed by atoms with E-state index in [1.807, 2.05) is 18.3 Å². The standard InChI is InChI=1S/C16H20N2/c1-12(2)9-13-5-3-6-14(10-13)16(17)15-7-4-8-18-11-15/h3-8,10-12,16H,9,17H2,1-2H3. The average Bonchev–Trinajstić information content (AvgIpc) is 2.38. The smallest absolute Gasteiger partial charge is 0.0567 e. The number of rotatable bonds is 4. The number of nitrogens with two attached hydrogens (primary N) is 1. The molecule has 2 nitrogen and oxygen atoms in total. The van der Waals surface area contributed by atoms with E-state index in [1.165, 1.54) is 5.56 Å². The van der Waals surface area contributed by atoms with E-state index >= 15 is 0 Å². The minimum absolute atomic E-state index is 0.0918. The Hall–Kier alpha value is -1.67. The van der Waals surface area contributed by atoms with Crippen molar-refractivity contribution in [2.24, 2.45) is 11.7 Å². The molecule has 2 rings (SSSR count).